The molecule has 1 fully saturated rings. The van der Waals surface area contributed by atoms with Gasteiger partial charge in [-0.3, -0.25) is 4.79 Å². The maximum Gasteiger partial charge on any atom is 0.185 e. The minimum atomic E-state index is -0.906. The maximum absolute atomic E-state index is 12.4. The minimum Gasteiger partial charge on any atom is -0.496 e. The van der Waals surface area contributed by atoms with Gasteiger partial charge in [-0.15, -0.1) is 0 Å². The van der Waals surface area contributed by atoms with Crippen molar-refractivity contribution in [2.75, 3.05) is 26.9 Å². The Morgan fingerprint density at radius 1 is 1.50 bits per heavy atom. The Kier molecular flexibility index (Phi) is 4.72. The summed E-state index contributed by atoms with van der Waals surface area (Å²) in [6, 6.07) is 7.49. The highest BCUT2D eigenvalue weighted by Crippen LogP contribution is 2.29. The average molecular weight is 275 g/mol. The number of methoxy groups -OCH3 is 1. The van der Waals surface area contributed by atoms with Crippen LogP contribution >= 0.6 is 0 Å². The number of ketones is 1. The highest BCUT2D eigenvalue weighted by atomic mass is 16.6. The summed E-state index contributed by atoms with van der Waals surface area (Å²) in [6.07, 6.45) is -0.682. The molecule has 2 rings (SSSR count). The highest BCUT2D eigenvalue weighted by molar-refractivity contribution is 5.93. The molecule has 0 amide bonds. The number of carbonyl (C=O) groups is 1. The second-order valence-electron chi connectivity index (χ2n) is 4.64. The molecule has 0 saturated carbocycles. The smallest absolute Gasteiger partial charge is 0.185 e. The Balaban J connectivity index is 2.30. The third-order valence-corrected chi connectivity index (χ3v) is 3.24. The SMILES string of the molecule is COc1ccc(C)cc1C(C#N)C(=O)C1COCCO1. The lowest BCUT2D eigenvalue weighted by Gasteiger charge is -2.24. The Labute approximate surface area is 118 Å². The van der Waals surface area contributed by atoms with Crippen LogP contribution in [0.3, 0.4) is 0 Å². The van der Waals surface area contributed by atoms with Gasteiger partial charge < -0.3 is 14.2 Å². The van der Waals surface area contributed by atoms with Gasteiger partial charge in [0.2, 0.25) is 0 Å². The maximum atomic E-state index is 12.4. The zero-order valence-corrected chi connectivity index (χ0v) is 11.6. The second kappa shape index (κ2) is 6.51. The van der Waals surface area contributed by atoms with Gasteiger partial charge in [-0.1, -0.05) is 17.7 Å². The Morgan fingerprint density at radius 2 is 2.30 bits per heavy atom. The van der Waals surface area contributed by atoms with Crippen molar-refractivity contribution in [2.45, 2.75) is 18.9 Å². The van der Waals surface area contributed by atoms with Crippen LogP contribution in [-0.2, 0) is 14.3 Å². The van der Waals surface area contributed by atoms with Crippen molar-refractivity contribution in [3.05, 3.63) is 29.3 Å². The lowest BCUT2D eigenvalue weighted by molar-refractivity contribution is -0.145. The first-order valence-corrected chi connectivity index (χ1v) is 6.44. The number of hydrogen-bond donors (Lipinski definition) is 0. The molecule has 1 heterocycles. The molecule has 1 aromatic carbocycles. The number of aryl methyl sites for hydroxylation is 1. The van der Waals surface area contributed by atoms with Crippen molar-refractivity contribution < 1.29 is 19.0 Å². The van der Waals surface area contributed by atoms with Crippen molar-refractivity contribution in [1.82, 2.24) is 0 Å². The molecule has 5 heteroatoms. The molecule has 1 aromatic rings. The van der Waals surface area contributed by atoms with E-state index in [0.717, 1.165) is 5.56 Å². The largest absolute Gasteiger partial charge is 0.496 e. The number of rotatable bonds is 4. The molecule has 5 nitrogen and oxygen atoms in total. The predicted molar refractivity (Wildman–Crippen MR) is 71.7 cm³/mol. The lowest BCUT2D eigenvalue weighted by atomic mass is 9.91. The summed E-state index contributed by atoms with van der Waals surface area (Å²) in [7, 11) is 1.52. The molecule has 0 radical (unpaired) electrons. The number of carbonyl (C=O) groups excluding carboxylic acids is 1. The summed E-state index contributed by atoms with van der Waals surface area (Å²) >= 11 is 0. The molecule has 0 bridgehead atoms. The number of Topliss-reactive ketones (excluding diaryl/α,β-unsaturated/α-hetero) is 1. The van der Waals surface area contributed by atoms with Gasteiger partial charge in [-0.05, 0) is 13.0 Å². The first-order chi connectivity index (χ1) is 9.67. The molecule has 106 valence electrons. The van der Waals surface area contributed by atoms with E-state index in [0.29, 0.717) is 24.5 Å². The minimum absolute atomic E-state index is 0.200. The van der Waals surface area contributed by atoms with Crippen LogP contribution in [0.15, 0.2) is 18.2 Å². The predicted octanol–water partition coefficient (Wildman–Crippen LogP) is 1.60. The van der Waals surface area contributed by atoms with Crippen LogP contribution in [0, 0.1) is 18.3 Å². The van der Waals surface area contributed by atoms with E-state index in [9.17, 15) is 10.1 Å². The van der Waals surface area contributed by atoms with Gasteiger partial charge in [-0.25, -0.2) is 0 Å². The molecule has 2 unspecified atom stereocenters. The van der Waals surface area contributed by atoms with Crippen molar-refractivity contribution >= 4 is 5.78 Å². The van der Waals surface area contributed by atoms with Crippen molar-refractivity contribution in [1.29, 1.82) is 5.26 Å². The van der Waals surface area contributed by atoms with Gasteiger partial charge in [0.25, 0.3) is 0 Å². The Hall–Kier alpha value is -1.90. The van der Waals surface area contributed by atoms with Crippen LogP contribution in [-0.4, -0.2) is 38.8 Å². The van der Waals surface area contributed by atoms with Crippen LogP contribution in [0.5, 0.6) is 5.75 Å². The summed E-state index contributed by atoms with van der Waals surface area (Å²) in [6.45, 7) is 2.96. The number of ether oxygens (including phenoxy) is 3. The van der Waals surface area contributed by atoms with Crippen LogP contribution in [0.2, 0.25) is 0 Å². The highest BCUT2D eigenvalue weighted by Gasteiger charge is 2.32. The van der Waals surface area contributed by atoms with Gasteiger partial charge in [-0.2, -0.15) is 5.26 Å². The van der Waals surface area contributed by atoms with E-state index < -0.39 is 12.0 Å². The first kappa shape index (κ1) is 14.5. The van der Waals surface area contributed by atoms with Gasteiger partial charge in [0.05, 0.1) is 33.0 Å². The lowest BCUT2D eigenvalue weighted by Crippen LogP contribution is -2.38. The average Bonchev–Trinajstić information content (AvgIpc) is 2.49. The third kappa shape index (κ3) is 2.98. The van der Waals surface area contributed by atoms with E-state index in [1.165, 1.54) is 7.11 Å². The van der Waals surface area contributed by atoms with Gasteiger partial charge in [0.15, 0.2) is 5.78 Å². The van der Waals surface area contributed by atoms with E-state index in [4.69, 9.17) is 14.2 Å². The van der Waals surface area contributed by atoms with E-state index >= 15 is 0 Å². The van der Waals surface area contributed by atoms with Crippen LogP contribution in [0.4, 0.5) is 0 Å². The zero-order valence-electron chi connectivity index (χ0n) is 11.6. The molecule has 0 N–H and O–H groups in total. The quantitative estimate of drug-likeness (QED) is 0.834. The molecular weight excluding hydrogens is 258 g/mol. The van der Waals surface area contributed by atoms with Crippen molar-refractivity contribution in [3.8, 4) is 11.8 Å². The van der Waals surface area contributed by atoms with E-state index in [1.807, 2.05) is 13.0 Å². The number of hydrogen-bond acceptors (Lipinski definition) is 5. The topological polar surface area (TPSA) is 68.5 Å². The molecule has 0 aromatic heterocycles. The standard InChI is InChI=1S/C15H17NO4/c1-10-3-4-13(18-2)11(7-10)12(8-16)15(17)14-9-19-5-6-20-14/h3-4,7,12,14H,5-6,9H2,1-2H3. The summed E-state index contributed by atoms with van der Waals surface area (Å²) in [5, 5.41) is 9.37. The summed E-state index contributed by atoms with van der Waals surface area (Å²) in [4.78, 5) is 12.4. The molecule has 0 aliphatic carbocycles. The summed E-state index contributed by atoms with van der Waals surface area (Å²) in [5.41, 5.74) is 1.55. The van der Waals surface area contributed by atoms with Gasteiger partial charge in [0.1, 0.15) is 17.8 Å². The monoisotopic (exact) mass is 275 g/mol. The normalized spacial score (nSPS) is 19.9. The number of nitrogens with zero attached hydrogens (tertiary/aromatic N) is 1. The van der Waals surface area contributed by atoms with Crippen LogP contribution < -0.4 is 4.74 Å². The van der Waals surface area contributed by atoms with E-state index in [2.05, 4.69) is 6.07 Å². The number of benzene rings is 1. The van der Waals surface area contributed by atoms with Crippen LogP contribution in [0.1, 0.15) is 17.0 Å². The van der Waals surface area contributed by atoms with Crippen molar-refractivity contribution in [3.63, 3.8) is 0 Å². The van der Waals surface area contributed by atoms with E-state index in [-0.39, 0.29) is 12.4 Å². The van der Waals surface area contributed by atoms with Crippen LogP contribution in [0.25, 0.3) is 0 Å². The molecule has 0 spiro atoms. The molecule has 2 atom stereocenters. The molecular formula is C15H17NO4. The fraction of sp³-hybridized carbons (Fsp3) is 0.467. The van der Waals surface area contributed by atoms with Gasteiger partial charge in [0, 0.05) is 5.56 Å². The van der Waals surface area contributed by atoms with E-state index in [1.54, 1.807) is 12.1 Å². The Morgan fingerprint density at radius 3 is 2.90 bits per heavy atom. The molecule has 1 aliphatic rings. The van der Waals surface area contributed by atoms with Crippen molar-refractivity contribution in [2.24, 2.45) is 0 Å². The fourth-order valence-electron chi connectivity index (χ4n) is 2.20. The second-order valence-corrected chi connectivity index (χ2v) is 4.64. The third-order valence-electron chi connectivity index (χ3n) is 3.24. The molecule has 1 saturated heterocycles. The first-order valence-electron chi connectivity index (χ1n) is 6.44. The molecule has 20 heavy (non-hydrogen) atoms. The summed E-state index contributed by atoms with van der Waals surface area (Å²) in [5.74, 6) is -0.653. The Bertz CT molecular complexity index is 529. The number of nitriles is 1. The fourth-order valence-corrected chi connectivity index (χ4v) is 2.20. The summed E-state index contributed by atoms with van der Waals surface area (Å²) < 4.78 is 15.9. The van der Waals surface area contributed by atoms with Gasteiger partial charge >= 0.3 is 0 Å². The zero-order chi connectivity index (χ0) is 14.5. The molecule has 1 aliphatic heterocycles.